The molecule has 0 fully saturated rings. The van der Waals surface area contributed by atoms with Crippen molar-refractivity contribution >= 4 is 16.9 Å². The standard InChI is InChI=1S/C19H19NO3/c1-12-4-6-15-14(8-9-19(21)22)16-7-5-13(20(2)3)11-18(16)23-17(15)10-12/h4-7,10-11H,8-9H2,1-3H3/p+1. The minimum atomic E-state index is -0.788. The van der Waals surface area contributed by atoms with Crippen LogP contribution in [-0.4, -0.2) is 25.2 Å². The van der Waals surface area contributed by atoms with E-state index < -0.39 is 5.97 Å². The smallest absolute Gasteiger partial charge is 0.303 e. The van der Waals surface area contributed by atoms with Gasteiger partial charge in [0, 0.05) is 23.4 Å². The van der Waals surface area contributed by atoms with E-state index in [0.717, 1.165) is 38.8 Å². The zero-order valence-corrected chi connectivity index (χ0v) is 13.6. The van der Waals surface area contributed by atoms with Gasteiger partial charge in [0.1, 0.15) is 25.4 Å². The predicted molar refractivity (Wildman–Crippen MR) is 90.6 cm³/mol. The van der Waals surface area contributed by atoms with Crippen molar-refractivity contribution in [2.75, 3.05) is 14.1 Å². The molecule has 1 aromatic rings. The van der Waals surface area contributed by atoms with Crippen molar-refractivity contribution < 1.29 is 14.3 Å². The SMILES string of the molecule is Cc1ccc2c(CCC(=O)O)c3ccc(=[N+](C)C)cc-3oc2c1. The van der Waals surface area contributed by atoms with Crippen LogP contribution in [0.3, 0.4) is 0 Å². The van der Waals surface area contributed by atoms with Crippen molar-refractivity contribution in [2.24, 2.45) is 0 Å². The molecule has 3 rings (SSSR count). The van der Waals surface area contributed by atoms with Crippen LogP contribution in [-0.2, 0) is 11.2 Å². The number of nitrogens with zero attached hydrogens (tertiary/aromatic N) is 1. The molecule has 0 saturated heterocycles. The Bertz CT molecular complexity index is 933. The Kier molecular flexibility index (Phi) is 3.90. The second-order valence-corrected chi connectivity index (χ2v) is 6.05. The number of benzene rings is 2. The topological polar surface area (TPSA) is 53.4 Å². The molecule has 0 radical (unpaired) electrons. The van der Waals surface area contributed by atoms with Crippen LogP contribution in [0.4, 0.5) is 0 Å². The number of aryl methyl sites for hydroxylation is 2. The lowest BCUT2D eigenvalue weighted by Gasteiger charge is -2.14. The van der Waals surface area contributed by atoms with E-state index in [1.807, 2.05) is 62.0 Å². The molecule has 0 bridgehead atoms. The molecule has 0 saturated carbocycles. The van der Waals surface area contributed by atoms with E-state index in [1.54, 1.807) is 0 Å². The van der Waals surface area contributed by atoms with E-state index in [-0.39, 0.29) is 6.42 Å². The number of hydrogen-bond acceptors (Lipinski definition) is 2. The quantitative estimate of drug-likeness (QED) is 0.598. The highest BCUT2D eigenvalue weighted by atomic mass is 16.4. The Morgan fingerprint density at radius 3 is 2.65 bits per heavy atom. The van der Waals surface area contributed by atoms with Gasteiger partial charge >= 0.3 is 5.97 Å². The molecule has 0 aromatic heterocycles. The molecule has 0 amide bonds. The van der Waals surface area contributed by atoms with Crippen molar-refractivity contribution in [3.8, 4) is 11.3 Å². The van der Waals surface area contributed by atoms with Gasteiger partial charge in [0.05, 0.1) is 6.07 Å². The number of hydrogen-bond donors (Lipinski definition) is 1. The van der Waals surface area contributed by atoms with Crippen LogP contribution in [0, 0.1) is 6.92 Å². The zero-order valence-electron chi connectivity index (χ0n) is 13.6. The lowest BCUT2D eigenvalue weighted by molar-refractivity contribution is -0.136. The van der Waals surface area contributed by atoms with Crippen molar-refractivity contribution in [2.45, 2.75) is 19.8 Å². The maximum atomic E-state index is 11.0. The van der Waals surface area contributed by atoms with Crippen LogP contribution in [0.25, 0.3) is 22.3 Å². The van der Waals surface area contributed by atoms with Crippen LogP contribution in [0.15, 0.2) is 40.8 Å². The van der Waals surface area contributed by atoms with Crippen LogP contribution in [0.2, 0.25) is 0 Å². The molecule has 1 aromatic carbocycles. The summed E-state index contributed by atoms with van der Waals surface area (Å²) in [6.07, 6.45) is 0.598. The van der Waals surface area contributed by atoms with Gasteiger partial charge in [0.2, 0.25) is 5.36 Å². The summed E-state index contributed by atoms with van der Waals surface area (Å²) in [5.74, 6) is -0.00111. The Hall–Kier alpha value is -2.62. The van der Waals surface area contributed by atoms with E-state index in [4.69, 9.17) is 9.52 Å². The van der Waals surface area contributed by atoms with Gasteiger partial charge in [-0.15, -0.1) is 0 Å². The molecule has 4 nitrogen and oxygen atoms in total. The highest BCUT2D eigenvalue weighted by Crippen LogP contribution is 2.33. The second kappa shape index (κ2) is 5.88. The summed E-state index contributed by atoms with van der Waals surface area (Å²) in [4.78, 5) is 11.0. The van der Waals surface area contributed by atoms with Crippen LogP contribution < -0.4 is 9.93 Å². The van der Waals surface area contributed by atoms with Crippen molar-refractivity contribution in [1.82, 2.24) is 4.58 Å². The molecule has 0 unspecified atom stereocenters. The third-order valence-electron chi connectivity index (χ3n) is 4.08. The van der Waals surface area contributed by atoms with Crippen molar-refractivity contribution in [1.29, 1.82) is 0 Å². The maximum absolute atomic E-state index is 11.0. The number of fused-ring (bicyclic) bond motifs is 2. The molecular formula is C19H20NO3+. The fourth-order valence-electron chi connectivity index (χ4n) is 2.85. The van der Waals surface area contributed by atoms with Gasteiger partial charge < -0.3 is 9.52 Å². The highest BCUT2D eigenvalue weighted by molar-refractivity contribution is 5.88. The first-order valence-electron chi connectivity index (χ1n) is 7.64. The van der Waals surface area contributed by atoms with Crippen molar-refractivity contribution in [3.63, 3.8) is 0 Å². The summed E-state index contributed by atoms with van der Waals surface area (Å²) in [5.41, 5.74) is 3.93. The lowest BCUT2D eigenvalue weighted by atomic mass is 9.95. The third kappa shape index (κ3) is 2.97. The largest absolute Gasteiger partial charge is 0.481 e. The van der Waals surface area contributed by atoms with E-state index in [9.17, 15) is 4.79 Å². The number of aliphatic carboxylic acids is 1. The van der Waals surface area contributed by atoms with E-state index in [1.165, 1.54) is 0 Å². The number of rotatable bonds is 3. The first kappa shape index (κ1) is 15.3. The Balaban J connectivity index is 2.34. The van der Waals surface area contributed by atoms with Crippen LogP contribution in [0.1, 0.15) is 17.5 Å². The van der Waals surface area contributed by atoms with Crippen LogP contribution >= 0.6 is 0 Å². The normalized spacial score (nSPS) is 11.1. The van der Waals surface area contributed by atoms with E-state index >= 15 is 0 Å². The zero-order chi connectivity index (χ0) is 16.6. The third-order valence-corrected chi connectivity index (χ3v) is 4.08. The minimum Gasteiger partial charge on any atom is -0.481 e. The summed E-state index contributed by atoms with van der Waals surface area (Å²) in [6, 6.07) is 12.1. The molecule has 1 aliphatic heterocycles. The Labute approximate surface area is 134 Å². The predicted octanol–water partition coefficient (Wildman–Crippen LogP) is 2.90. The van der Waals surface area contributed by atoms with Gasteiger partial charge in [0.15, 0.2) is 0 Å². The van der Waals surface area contributed by atoms with Crippen molar-refractivity contribution in [3.05, 3.63) is 52.9 Å². The van der Waals surface area contributed by atoms with Gasteiger partial charge in [0.25, 0.3) is 0 Å². The van der Waals surface area contributed by atoms with E-state index in [0.29, 0.717) is 6.42 Å². The number of carboxylic acids is 1. The molecule has 1 heterocycles. The van der Waals surface area contributed by atoms with Gasteiger partial charge in [-0.1, -0.05) is 12.1 Å². The molecule has 0 atom stereocenters. The van der Waals surface area contributed by atoms with Gasteiger partial charge in [-0.05, 0) is 36.6 Å². The monoisotopic (exact) mass is 310 g/mol. The average Bonchev–Trinajstić information content (AvgIpc) is 2.50. The molecule has 1 N–H and O–H groups in total. The fraction of sp³-hybridized carbons (Fsp3) is 0.263. The molecule has 1 aliphatic carbocycles. The number of carbonyl (C=O) groups is 1. The second-order valence-electron chi connectivity index (χ2n) is 6.05. The van der Waals surface area contributed by atoms with Gasteiger partial charge in [-0.2, -0.15) is 0 Å². The Morgan fingerprint density at radius 2 is 1.96 bits per heavy atom. The molecule has 23 heavy (non-hydrogen) atoms. The summed E-state index contributed by atoms with van der Waals surface area (Å²) in [5, 5.41) is 11.1. The first-order chi connectivity index (χ1) is 11.0. The minimum absolute atomic E-state index is 0.109. The molecule has 4 heteroatoms. The molecule has 118 valence electrons. The van der Waals surface area contributed by atoms with Gasteiger partial charge in [-0.3, -0.25) is 4.79 Å². The maximum Gasteiger partial charge on any atom is 0.303 e. The molecule has 0 spiro atoms. The summed E-state index contributed by atoms with van der Waals surface area (Å²) >= 11 is 0. The van der Waals surface area contributed by atoms with Crippen LogP contribution in [0.5, 0.6) is 0 Å². The first-order valence-corrected chi connectivity index (χ1v) is 7.64. The summed E-state index contributed by atoms with van der Waals surface area (Å²) in [6.45, 7) is 2.02. The fourth-order valence-corrected chi connectivity index (χ4v) is 2.85. The molecular weight excluding hydrogens is 290 g/mol. The van der Waals surface area contributed by atoms with Gasteiger partial charge in [-0.25, -0.2) is 4.58 Å². The average molecular weight is 310 g/mol. The van der Waals surface area contributed by atoms with E-state index in [2.05, 4.69) is 0 Å². The highest BCUT2D eigenvalue weighted by Gasteiger charge is 2.17. The summed E-state index contributed by atoms with van der Waals surface area (Å²) < 4.78 is 8.11. The summed E-state index contributed by atoms with van der Waals surface area (Å²) in [7, 11) is 3.97. The lowest BCUT2D eigenvalue weighted by Crippen LogP contribution is -2.21. The number of carboxylic acid groups (broad SMARTS) is 1. The molecule has 2 aliphatic rings. The Morgan fingerprint density at radius 1 is 1.17 bits per heavy atom.